The van der Waals surface area contributed by atoms with Crippen molar-refractivity contribution in [3.63, 3.8) is 0 Å². The molecule has 2 rings (SSSR count). The van der Waals surface area contributed by atoms with Crippen LogP contribution in [0.15, 0.2) is 29.9 Å². The predicted octanol–water partition coefficient (Wildman–Crippen LogP) is 2.96. The number of thiazole rings is 1. The summed E-state index contributed by atoms with van der Waals surface area (Å²) in [6, 6.07) is 4.78. The molecule has 1 aromatic carbocycles. The number of hydrogen-bond donors (Lipinski definition) is 0. The van der Waals surface area contributed by atoms with Crippen molar-refractivity contribution in [2.75, 3.05) is 7.11 Å². The molecule has 0 fully saturated rings. The van der Waals surface area contributed by atoms with Crippen molar-refractivity contribution in [3.05, 3.63) is 35.7 Å². The molecule has 0 radical (unpaired) electrons. The maximum atomic E-state index is 13.1. The first-order chi connectivity index (χ1) is 6.81. The summed E-state index contributed by atoms with van der Waals surface area (Å²) < 4.78 is 18.0. The smallest absolute Gasteiger partial charge is 0.165 e. The van der Waals surface area contributed by atoms with E-state index in [2.05, 4.69) is 4.98 Å². The van der Waals surface area contributed by atoms with Gasteiger partial charge in [0.2, 0.25) is 0 Å². The molecule has 1 heterocycles. The highest BCUT2D eigenvalue weighted by atomic mass is 32.1. The molecule has 0 N–H and O–H groups in total. The standard InChI is InChI=1S/C10H8FNOS/c1-13-9-4-7(2-3-8(9)11)10-5-12-6-14-10/h2-6H,1H3. The fourth-order valence-corrected chi connectivity index (χ4v) is 1.79. The normalized spacial score (nSPS) is 10.1. The lowest BCUT2D eigenvalue weighted by Crippen LogP contribution is -1.87. The number of methoxy groups -OCH3 is 1. The van der Waals surface area contributed by atoms with Crippen LogP contribution in [0.1, 0.15) is 0 Å². The SMILES string of the molecule is COc1cc(-c2cncs2)ccc1F. The van der Waals surface area contributed by atoms with Gasteiger partial charge in [-0.15, -0.1) is 11.3 Å². The zero-order valence-electron chi connectivity index (χ0n) is 7.53. The van der Waals surface area contributed by atoms with Crippen LogP contribution in [0, 0.1) is 5.82 Å². The zero-order valence-corrected chi connectivity index (χ0v) is 8.34. The molecule has 0 saturated heterocycles. The lowest BCUT2D eigenvalue weighted by atomic mass is 10.2. The van der Waals surface area contributed by atoms with Crippen molar-refractivity contribution < 1.29 is 9.13 Å². The van der Waals surface area contributed by atoms with Crippen LogP contribution in [0.3, 0.4) is 0 Å². The predicted molar refractivity (Wildman–Crippen MR) is 54.1 cm³/mol. The van der Waals surface area contributed by atoms with Crippen LogP contribution < -0.4 is 4.74 Å². The lowest BCUT2D eigenvalue weighted by Gasteiger charge is -2.03. The Labute approximate surface area is 85.0 Å². The molecule has 72 valence electrons. The van der Waals surface area contributed by atoms with Crippen LogP contribution in [0.5, 0.6) is 5.75 Å². The molecule has 1 aromatic heterocycles. The fraction of sp³-hybridized carbons (Fsp3) is 0.100. The molecule has 4 heteroatoms. The van der Waals surface area contributed by atoms with E-state index < -0.39 is 0 Å². The van der Waals surface area contributed by atoms with Gasteiger partial charge < -0.3 is 4.74 Å². The van der Waals surface area contributed by atoms with E-state index in [1.807, 2.05) is 0 Å². The van der Waals surface area contributed by atoms with E-state index in [0.29, 0.717) is 0 Å². The summed E-state index contributed by atoms with van der Waals surface area (Å²) in [6.45, 7) is 0. The maximum Gasteiger partial charge on any atom is 0.165 e. The average Bonchev–Trinajstić information content (AvgIpc) is 2.71. The van der Waals surface area contributed by atoms with Gasteiger partial charge in [-0.2, -0.15) is 0 Å². The lowest BCUT2D eigenvalue weighted by molar-refractivity contribution is 0.387. The summed E-state index contributed by atoms with van der Waals surface area (Å²) in [5.74, 6) is -0.0864. The molecule has 14 heavy (non-hydrogen) atoms. The molecule has 0 saturated carbocycles. The average molecular weight is 209 g/mol. The Balaban J connectivity index is 2.46. The Kier molecular flexibility index (Phi) is 2.45. The summed E-state index contributed by atoms with van der Waals surface area (Å²) in [7, 11) is 1.45. The van der Waals surface area contributed by atoms with E-state index >= 15 is 0 Å². The van der Waals surface area contributed by atoms with E-state index in [-0.39, 0.29) is 11.6 Å². The molecule has 0 unspecified atom stereocenters. The first-order valence-electron chi connectivity index (χ1n) is 4.03. The van der Waals surface area contributed by atoms with Gasteiger partial charge in [-0.05, 0) is 17.7 Å². The minimum Gasteiger partial charge on any atom is -0.494 e. The van der Waals surface area contributed by atoms with Crippen molar-refractivity contribution in [3.8, 4) is 16.2 Å². The third kappa shape index (κ3) is 1.61. The minimum absolute atomic E-state index is 0.260. The van der Waals surface area contributed by atoms with E-state index in [1.165, 1.54) is 24.5 Å². The van der Waals surface area contributed by atoms with Gasteiger partial charge in [0.15, 0.2) is 11.6 Å². The van der Waals surface area contributed by atoms with Crippen LogP contribution in [0.2, 0.25) is 0 Å². The van der Waals surface area contributed by atoms with Gasteiger partial charge in [-0.25, -0.2) is 4.39 Å². The maximum absolute atomic E-state index is 13.1. The van der Waals surface area contributed by atoms with Crippen molar-refractivity contribution >= 4 is 11.3 Å². The number of rotatable bonds is 2. The van der Waals surface area contributed by atoms with Gasteiger partial charge in [0, 0.05) is 6.20 Å². The van der Waals surface area contributed by atoms with Crippen molar-refractivity contribution in [2.45, 2.75) is 0 Å². The summed E-state index contributed by atoms with van der Waals surface area (Å²) >= 11 is 1.51. The molecule has 2 aromatic rings. The van der Waals surface area contributed by atoms with E-state index in [1.54, 1.807) is 23.8 Å². The van der Waals surface area contributed by atoms with Crippen LogP contribution in [-0.2, 0) is 0 Å². The second kappa shape index (κ2) is 3.75. The van der Waals surface area contributed by atoms with Gasteiger partial charge in [-0.1, -0.05) is 6.07 Å². The third-order valence-corrected chi connectivity index (χ3v) is 2.69. The highest BCUT2D eigenvalue weighted by Gasteiger charge is 2.05. The molecule has 0 aliphatic carbocycles. The molecule has 0 bridgehead atoms. The summed E-state index contributed by atoms with van der Waals surface area (Å²) in [5, 5.41) is 0. The first-order valence-corrected chi connectivity index (χ1v) is 4.91. The number of ether oxygens (including phenoxy) is 1. The fourth-order valence-electron chi connectivity index (χ4n) is 1.17. The monoisotopic (exact) mass is 209 g/mol. The molecule has 0 spiro atoms. The summed E-state index contributed by atoms with van der Waals surface area (Å²) in [5.41, 5.74) is 2.66. The Hall–Kier alpha value is -1.42. The van der Waals surface area contributed by atoms with Crippen molar-refractivity contribution in [1.29, 1.82) is 0 Å². The van der Waals surface area contributed by atoms with Crippen LogP contribution in [0.4, 0.5) is 4.39 Å². The Bertz CT molecular complexity index is 428. The van der Waals surface area contributed by atoms with Crippen molar-refractivity contribution in [1.82, 2.24) is 4.98 Å². The van der Waals surface area contributed by atoms with Gasteiger partial charge in [0.25, 0.3) is 0 Å². The highest BCUT2D eigenvalue weighted by Crippen LogP contribution is 2.28. The van der Waals surface area contributed by atoms with Crippen LogP contribution in [-0.4, -0.2) is 12.1 Å². The van der Waals surface area contributed by atoms with Gasteiger partial charge in [0.1, 0.15) is 0 Å². The molecule has 0 aliphatic rings. The molecular weight excluding hydrogens is 201 g/mol. The van der Waals surface area contributed by atoms with Crippen LogP contribution in [0.25, 0.3) is 10.4 Å². The summed E-state index contributed by atoms with van der Waals surface area (Å²) in [4.78, 5) is 4.96. The molecule has 0 amide bonds. The molecule has 0 atom stereocenters. The Morgan fingerprint density at radius 3 is 2.93 bits per heavy atom. The largest absolute Gasteiger partial charge is 0.494 e. The quantitative estimate of drug-likeness (QED) is 0.758. The summed E-state index contributed by atoms with van der Waals surface area (Å²) in [6.07, 6.45) is 1.75. The molecule has 0 aliphatic heterocycles. The van der Waals surface area contributed by atoms with Gasteiger partial charge >= 0.3 is 0 Å². The Morgan fingerprint density at radius 2 is 2.29 bits per heavy atom. The molecular formula is C10H8FNOS. The minimum atomic E-state index is -0.347. The van der Waals surface area contributed by atoms with Crippen LogP contribution >= 0.6 is 11.3 Å². The molecule has 2 nitrogen and oxygen atoms in total. The third-order valence-electron chi connectivity index (χ3n) is 1.87. The van der Waals surface area contributed by atoms with E-state index in [0.717, 1.165) is 10.4 Å². The number of benzene rings is 1. The Morgan fingerprint density at radius 1 is 1.43 bits per heavy atom. The van der Waals surface area contributed by atoms with Gasteiger partial charge in [0.05, 0.1) is 17.5 Å². The van der Waals surface area contributed by atoms with E-state index in [9.17, 15) is 4.39 Å². The van der Waals surface area contributed by atoms with Gasteiger partial charge in [-0.3, -0.25) is 4.98 Å². The second-order valence-corrected chi connectivity index (χ2v) is 3.60. The number of halogens is 1. The van der Waals surface area contributed by atoms with Crippen molar-refractivity contribution in [2.24, 2.45) is 0 Å². The van der Waals surface area contributed by atoms with E-state index in [4.69, 9.17) is 4.74 Å². The number of nitrogens with zero attached hydrogens (tertiary/aromatic N) is 1. The first kappa shape index (κ1) is 9.15. The number of hydrogen-bond acceptors (Lipinski definition) is 3. The topological polar surface area (TPSA) is 22.1 Å². The second-order valence-electron chi connectivity index (χ2n) is 2.72. The zero-order chi connectivity index (χ0) is 9.97. The number of aromatic nitrogens is 1. The highest BCUT2D eigenvalue weighted by molar-refractivity contribution is 7.13.